The van der Waals surface area contributed by atoms with E-state index in [4.69, 9.17) is 17.3 Å². The van der Waals surface area contributed by atoms with Crippen molar-refractivity contribution in [3.8, 4) is 0 Å². The molecule has 0 bridgehead atoms. The number of anilines is 1. The molecular formula is C19H20ClN3O2. The molecule has 0 saturated carbocycles. The van der Waals surface area contributed by atoms with Gasteiger partial charge in [0.1, 0.15) is 5.92 Å². The van der Waals surface area contributed by atoms with Gasteiger partial charge in [-0.2, -0.15) is 0 Å². The first-order chi connectivity index (χ1) is 12.1. The van der Waals surface area contributed by atoms with E-state index >= 15 is 0 Å². The lowest BCUT2D eigenvalue weighted by atomic mass is 10.1. The Kier molecular flexibility index (Phi) is 5.36. The first-order valence-corrected chi connectivity index (χ1v) is 8.59. The zero-order chi connectivity index (χ0) is 17.8. The fourth-order valence-corrected chi connectivity index (χ4v) is 3.16. The van der Waals surface area contributed by atoms with E-state index in [-0.39, 0.29) is 17.9 Å². The Bertz CT molecular complexity index is 766. The maximum absolute atomic E-state index is 12.6. The lowest BCUT2D eigenvalue weighted by Crippen LogP contribution is -2.39. The third-order valence-corrected chi connectivity index (χ3v) is 4.60. The molecule has 0 radical (unpaired) electrons. The van der Waals surface area contributed by atoms with Crippen molar-refractivity contribution < 1.29 is 9.59 Å². The van der Waals surface area contributed by atoms with Gasteiger partial charge in [0.2, 0.25) is 11.8 Å². The van der Waals surface area contributed by atoms with E-state index in [1.165, 1.54) is 0 Å². The predicted octanol–water partition coefficient (Wildman–Crippen LogP) is 2.51. The standard InChI is InChI=1S/C19H20ClN3O2/c20-14-7-4-8-15(11-14)23-10-9-16(19(23)25)18(24)22-12-17(21)13-5-2-1-3-6-13/h1-8,11,16-17H,9-10,12,21H2,(H,22,24). The van der Waals surface area contributed by atoms with Gasteiger partial charge in [0, 0.05) is 29.8 Å². The minimum atomic E-state index is -0.679. The highest BCUT2D eigenvalue weighted by molar-refractivity contribution is 6.31. The number of nitrogens with two attached hydrogens (primary N) is 1. The Labute approximate surface area is 151 Å². The number of rotatable bonds is 5. The number of benzene rings is 2. The van der Waals surface area contributed by atoms with E-state index in [0.717, 1.165) is 5.56 Å². The van der Waals surface area contributed by atoms with Crippen LogP contribution in [0.2, 0.25) is 5.02 Å². The van der Waals surface area contributed by atoms with Crippen molar-refractivity contribution in [3.05, 3.63) is 65.2 Å². The summed E-state index contributed by atoms with van der Waals surface area (Å²) in [7, 11) is 0. The van der Waals surface area contributed by atoms with Crippen LogP contribution in [0.5, 0.6) is 0 Å². The first-order valence-electron chi connectivity index (χ1n) is 8.21. The molecule has 2 aromatic carbocycles. The number of nitrogens with one attached hydrogen (secondary N) is 1. The van der Waals surface area contributed by atoms with Crippen LogP contribution in [0.3, 0.4) is 0 Å². The van der Waals surface area contributed by atoms with Crippen molar-refractivity contribution in [1.29, 1.82) is 0 Å². The Morgan fingerprint density at radius 3 is 2.72 bits per heavy atom. The van der Waals surface area contributed by atoms with Crippen molar-refractivity contribution in [1.82, 2.24) is 5.32 Å². The molecule has 130 valence electrons. The Balaban J connectivity index is 1.59. The Hall–Kier alpha value is -2.37. The molecule has 1 aliphatic rings. The summed E-state index contributed by atoms with van der Waals surface area (Å²) in [6.07, 6.45) is 0.484. The van der Waals surface area contributed by atoms with Crippen molar-refractivity contribution in [2.75, 3.05) is 18.0 Å². The fraction of sp³-hybridized carbons (Fsp3) is 0.263. The van der Waals surface area contributed by atoms with Gasteiger partial charge in [-0.1, -0.05) is 48.0 Å². The molecule has 0 aromatic heterocycles. The molecule has 2 unspecified atom stereocenters. The SMILES string of the molecule is NC(CNC(=O)C1CCN(c2cccc(Cl)c2)C1=O)c1ccccc1. The van der Waals surface area contributed by atoms with E-state index in [1.807, 2.05) is 36.4 Å². The van der Waals surface area contributed by atoms with Crippen molar-refractivity contribution in [3.63, 3.8) is 0 Å². The van der Waals surface area contributed by atoms with Crippen molar-refractivity contribution in [2.45, 2.75) is 12.5 Å². The topological polar surface area (TPSA) is 75.4 Å². The smallest absolute Gasteiger partial charge is 0.239 e. The molecule has 1 saturated heterocycles. The second-order valence-corrected chi connectivity index (χ2v) is 6.51. The van der Waals surface area contributed by atoms with Crippen LogP contribution in [0, 0.1) is 5.92 Å². The molecule has 2 amide bonds. The van der Waals surface area contributed by atoms with E-state index in [1.54, 1.807) is 23.1 Å². The molecule has 25 heavy (non-hydrogen) atoms. The lowest BCUT2D eigenvalue weighted by Gasteiger charge is -2.18. The summed E-state index contributed by atoms with van der Waals surface area (Å²) in [6, 6.07) is 16.3. The van der Waals surface area contributed by atoms with Gasteiger partial charge in [-0.05, 0) is 30.2 Å². The van der Waals surface area contributed by atoms with Crippen LogP contribution in [-0.2, 0) is 9.59 Å². The van der Waals surface area contributed by atoms with Crippen LogP contribution in [0.1, 0.15) is 18.0 Å². The second kappa shape index (κ2) is 7.68. The van der Waals surface area contributed by atoms with Crippen LogP contribution < -0.4 is 16.0 Å². The van der Waals surface area contributed by atoms with Gasteiger partial charge in [-0.3, -0.25) is 9.59 Å². The normalized spacial score (nSPS) is 18.2. The number of nitrogens with zero attached hydrogens (tertiary/aromatic N) is 1. The van der Waals surface area contributed by atoms with E-state index < -0.39 is 5.92 Å². The molecule has 0 aliphatic carbocycles. The second-order valence-electron chi connectivity index (χ2n) is 6.07. The van der Waals surface area contributed by atoms with Crippen LogP contribution in [-0.4, -0.2) is 24.9 Å². The number of amides is 2. The van der Waals surface area contributed by atoms with Gasteiger partial charge in [0.15, 0.2) is 0 Å². The quantitative estimate of drug-likeness (QED) is 0.807. The summed E-state index contributed by atoms with van der Waals surface area (Å²) in [5.74, 6) is -1.16. The van der Waals surface area contributed by atoms with Crippen molar-refractivity contribution in [2.24, 2.45) is 11.7 Å². The molecule has 1 heterocycles. The molecule has 2 aromatic rings. The van der Waals surface area contributed by atoms with Gasteiger partial charge in [0.25, 0.3) is 0 Å². The number of carbonyl (C=O) groups excluding carboxylic acids is 2. The highest BCUT2D eigenvalue weighted by atomic mass is 35.5. The minimum absolute atomic E-state index is 0.201. The van der Waals surface area contributed by atoms with Crippen molar-refractivity contribution >= 4 is 29.1 Å². The van der Waals surface area contributed by atoms with Gasteiger partial charge >= 0.3 is 0 Å². The zero-order valence-electron chi connectivity index (χ0n) is 13.7. The molecule has 0 spiro atoms. The highest BCUT2D eigenvalue weighted by Crippen LogP contribution is 2.27. The Morgan fingerprint density at radius 1 is 1.24 bits per heavy atom. The lowest BCUT2D eigenvalue weighted by molar-refractivity contribution is -0.132. The summed E-state index contributed by atoms with van der Waals surface area (Å²) < 4.78 is 0. The third-order valence-electron chi connectivity index (χ3n) is 4.37. The third kappa shape index (κ3) is 4.00. The molecule has 3 N–H and O–H groups in total. The molecule has 1 fully saturated rings. The first kappa shape index (κ1) is 17.5. The molecule has 6 heteroatoms. The van der Waals surface area contributed by atoms with Crippen LogP contribution in [0.4, 0.5) is 5.69 Å². The molecule has 3 rings (SSSR count). The average Bonchev–Trinajstić information content (AvgIpc) is 3.01. The van der Waals surface area contributed by atoms with Gasteiger partial charge in [-0.15, -0.1) is 0 Å². The molecular weight excluding hydrogens is 338 g/mol. The maximum atomic E-state index is 12.6. The highest BCUT2D eigenvalue weighted by Gasteiger charge is 2.37. The summed E-state index contributed by atoms with van der Waals surface area (Å²) in [5, 5.41) is 3.36. The monoisotopic (exact) mass is 357 g/mol. The summed E-state index contributed by atoms with van der Waals surface area (Å²) in [5.41, 5.74) is 7.75. The molecule has 2 atom stereocenters. The summed E-state index contributed by atoms with van der Waals surface area (Å²) in [6.45, 7) is 0.797. The largest absolute Gasteiger partial charge is 0.354 e. The number of hydrogen-bond donors (Lipinski definition) is 2. The predicted molar refractivity (Wildman–Crippen MR) is 98.3 cm³/mol. The van der Waals surface area contributed by atoms with Crippen LogP contribution in [0.15, 0.2) is 54.6 Å². The molecule has 5 nitrogen and oxygen atoms in total. The van der Waals surface area contributed by atoms with Crippen LogP contribution in [0.25, 0.3) is 0 Å². The fourth-order valence-electron chi connectivity index (χ4n) is 2.98. The summed E-state index contributed by atoms with van der Waals surface area (Å²) >= 11 is 5.98. The Morgan fingerprint density at radius 2 is 2.00 bits per heavy atom. The number of halogens is 1. The number of carbonyl (C=O) groups is 2. The van der Waals surface area contributed by atoms with E-state index in [2.05, 4.69) is 5.32 Å². The van der Waals surface area contributed by atoms with Gasteiger partial charge < -0.3 is 16.0 Å². The van der Waals surface area contributed by atoms with Gasteiger partial charge in [-0.25, -0.2) is 0 Å². The maximum Gasteiger partial charge on any atom is 0.239 e. The minimum Gasteiger partial charge on any atom is -0.354 e. The van der Waals surface area contributed by atoms with E-state index in [0.29, 0.717) is 30.2 Å². The summed E-state index contributed by atoms with van der Waals surface area (Å²) in [4.78, 5) is 26.6. The van der Waals surface area contributed by atoms with Gasteiger partial charge in [0.05, 0.1) is 0 Å². The van der Waals surface area contributed by atoms with Crippen LogP contribution >= 0.6 is 11.6 Å². The average molecular weight is 358 g/mol. The zero-order valence-corrected chi connectivity index (χ0v) is 14.4. The molecule has 1 aliphatic heterocycles. The number of hydrogen-bond acceptors (Lipinski definition) is 3. The van der Waals surface area contributed by atoms with E-state index in [9.17, 15) is 9.59 Å².